The summed E-state index contributed by atoms with van der Waals surface area (Å²) in [6.45, 7) is -0.446. The number of rotatable bonds is 8. The fraction of sp³-hybridized carbons (Fsp3) is 0.167. The van der Waals surface area contributed by atoms with Crippen molar-refractivity contribution in [1.82, 2.24) is 0 Å². The van der Waals surface area contributed by atoms with Crippen LogP contribution < -0.4 is 10.6 Å². The van der Waals surface area contributed by atoms with Gasteiger partial charge in [-0.05, 0) is 35.7 Å². The van der Waals surface area contributed by atoms with E-state index in [9.17, 15) is 19.2 Å². The van der Waals surface area contributed by atoms with Crippen molar-refractivity contribution in [3.8, 4) is 0 Å². The number of benzene rings is 3. The van der Waals surface area contributed by atoms with Crippen molar-refractivity contribution in [2.45, 2.75) is 12.8 Å². The van der Waals surface area contributed by atoms with E-state index in [1.54, 1.807) is 18.2 Å². The zero-order valence-corrected chi connectivity index (χ0v) is 17.4. The maximum absolute atomic E-state index is 12.1. The summed E-state index contributed by atoms with van der Waals surface area (Å²) in [5, 5.41) is 7.20. The molecule has 8 nitrogen and oxygen atoms in total. The number of fused-ring (bicyclic) bond motifs is 1. The van der Waals surface area contributed by atoms with Crippen LogP contribution >= 0.6 is 0 Å². The Morgan fingerprint density at radius 2 is 1.50 bits per heavy atom. The molecule has 0 spiro atoms. The minimum Gasteiger partial charge on any atom is -0.465 e. The molecule has 0 aromatic heterocycles. The fourth-order valence-corrected chi connectivity index (χ4v) is 2.99. The van der Waals surface area contributed by atoms with Gasteiger partial charge in [0.25, 0.3) is 5.91 Å². The maximum Gasteiger partial charge on any atom is 0.337 e. The molecule has 0 radical (unpaired) electrons. The first-order valence-corrected chi connectivity index (χ1v) is 9.88. The Hall–Kier alpha value is -4.20. The predicted octanol–water partition coefficient (Wildman–Crippen LogP) is 3.53. The van der Waals surface area contributed by atoms with Gasteiger partial charge in [-0.15, -0.1) is 0 Å². The average molecular weight is 434 g/mol. The van der Waals surface area contributed by atoms with Gasteiger partial charge in [0.2, 0.25) is 5.91 Å². The largest absolute Gasteiger partial charge is 0.465 e. The summed E-state index contributed by atoms with van der Waals surface area (Å²) < 4.78 is 9.57. The number of carbonyl (C=O) groups excluding carboxylic acids is 4. The number of carbonyl (C=O) groups is 4. The van der Waals surface area contributed by atoms with Crippen LogP contribution in [0.25, 0.3) is 10.8 Å². The van der Waals surface area contributed by atoms with E-state index in [0.717, 1.165) is 10.8 Å². The minimum atomic E-state index is -0.658. The van der Waals surface area contributed by atoms with Gasteiger partial charge in [0.15, 0.2) is 6.61 Å². The van der Waals surface area contributed by atoms with Gasteiger partial charge in [0.1, 0.15) is 0 Å². The summed E-state index contributed by atoms with van der Waals surface area (Å²) in [5.41, 5.74) is 1.46. The van der Waals surface area contributed by atoms with Crippen LogP contribution in [-0.2, 0) is 23.9 Å². The molecule has 0 fully saturated rings. The number of esters is 2. The minimum absolute atomic E-state index is 0.109. The molecule has 0 heterocycles. The number of anilines is 2. The maximum atomic E-state index is 12.1. The third kappa shape index (κ3) is 6.15. The van der Waals surface area contributed by atoms with Gasteiger partial charge in [-0.2, -0.15) is 0 Å². The van der Waals surface area contributed by atoms with E-state index in [-0.39, 0.29) is 12.8 Å². The van der Waals surface area contributed by atoms with E-state index in [1.807, 2.05) is 36.4 Å². The zero-order valence-electron chi connectivity index (χ0n) is 17.4. The lowest BCUT2D eigenvalue weighted by Crippen LogP contribution is -2.22. The van der Waals surface area contributed by atoms with Crippen LogP contribution in [0.5, 0.6) is 0 Å². The highest BCUT2D eigenvalue weighted by Crippen LogP contribution is 2.22. The highest BCUT2D eigenvalue weighted by Gasteiger charge is 2.12. The van der Waals surface area contributed by atoms with Crippen LogP contribution in [0.1, 0.15) is 23.2 Å². The highest BCUT2D eigenvalue weighted by molar-refractivity contribution is 6.03. The summed E-state index contributed by atoms with van der Waals surface area (Å²) >= 11 is 0. The molecule has 3 rings (SSSR count). The smallest absolute Gasteiger partial charge is 0.337 e. The second-order valence-corrected chi connectivity index (χ2v) is 6.85. The van der Waals surface area contributed by atoms with Crippen molar-refractivity contribution in [2.24, 2.45) is 0 Å². The Morgan fingerprint density at radius 3 is 2.25 bits per heavy atom. The average Bonchev–Trinajstić information content (AvgIpc) is 2.81. The van der Waals surface area contributed by atoms with E-state index in [0.29, 0.717) is 16.9 Å². The molecule has 0 aliphatic rings. The second-order valence-electron chi connectivity index (χ2n) is 6.85. The van der Waals surface area contributed by atoms with Gasteiger partial charge in [-0.3, -0.25) is 14.4 Å². The summed E-state index contributed by atoms with van der Waals surface area (Å²) in [7, 11) is 1.28. The first kappa shape index (κ1) is 22.5. The molecule has 164 valence electrons. The molecule has 0 unspecified atom stereocenters. The molecule has 0 saturated heterocycles. The molecule has 32 heavy (non-hydrogen) atoms. The van der Waals surface area contributed by atoms with Crippen LogP contribution in [0, 0.1) is 0 Å². The van der Waals surface area contributed by atoms with Crippen molar-refractivity contribution in [1.29, 1.82) is 0 Å². The van der Waals surface area contributed by atoms with Gasteiger partial charge >= 0.3 is 11.9 Å². The number of hydrogen-bond donors (Lipinski definition) is 2. The van der Waals surface area contributed by atoms with Crippen LogP contribution in [0.2, 0.25) is 0 Å². The van der Waals surface area contributed by atoms with Crippen molar-refractivity contribution in [3.63, 3.8) is 0 Å². The highest BCUT2D eigenvalue weighted by atomic mass is 16.5. The molecule has 2 amide bonds. The van der Waals surface area contributed by atoms with Crippen LogP contribution in [0.4, 0.5) is 11.4 Å². The number of amides is 2. The van der Waals surface area contributed by atoms with Crippen LogP contribution in [0.15, 0.2) is 66.7 Å². The molecule has 0 saturated carbocycles. The number of hydrogen-bond acceptors (Lipinski definition) is 6. The second kappa shape index (κ2) is 10.7. The van der Waals surface area contributed by atoms with Crippen molar-refractivity contribution < 1.29 is 28.7 Å². The molecule has 0 bridgehead atoms. The number of ether oxygens (including phenoxy) is 2. The lowest BCUT2D eigenvalue weighted by atomic mass is 10.1. The quantitative estimate of drug-likeness (QED) is 0.525. The first-order chi connectivity index (χ1) is 15.5. The molecule has 0 aliphatic carbocycles. The molecular weight excluding hydrogens is 412 g/mol. The first-order valence-electron chi connectivity index (χ1n) is 9.88. The molecule has 0 aliphatic heterocycles. The standard InChI is InChI=1S/C24H22N2O6/c1-31-24(30)17-9-11-18(12-10-17)25-21(27)13-14-23(29)32-15-22(28)26-20-8-4-6-16-5-2-3-7-19(16)20/h2-12H,13-15H2,1H3,(H,25,27)(H,26,28). The van der Waals surface area contributed by atoms with E-state index < -0.39 is 30.4 Å². The number of methoxy groups -OCH3 is 1. The van der Waals surface area contributed by atoms with Gasteiger partial charge in [-0.25, -0.2) is 4.79 Å². The predicted molar refractivity (Wildman–Crippen MR) is 119 cm³/mol. The molecule has 0 atom stereocenters. The van der Waals surface area contributed by atoms with E-state index in [2.05, 4.69) is 15.4 Å². The van der Waals surface area contributed by atoms with Crippen LogP contribution in [0.3, 0.4) is 0 Å². The van der Waals surface area contributed by atoms with E-state index >= 15 is 0 Å². The normalized spacial score (nSPS) is 10.3. The molecule has 2 N–H and O–H groups in total. The summed E-state index contributed by atoms with van der Waals surface area (Å²) in [6, 6.07) is 19.3. The SMILES string of the molecule is COC(=O)c1ccc(NC(=O)CCC(=O)OCC(=O)Nc2cccc3ccccc23)cc1. The Kier molecular flexibility index (Phi) is 7.53. The molecule has 8 heteroatoms. The van der Waals surface area contributed by atoms with Crippen molar-refractivity contribution in [3.05, 3.63) is 72.3 Å². The molecule has 3 aromatic rings. The van der Waals surface area contributed by atoms with E-state index in [4.69, 9.17) is 4.74 Å². The van der Waals surface area contributed by atoms with E-state index in [1.165, 1.54) is 19.2 Å². The topological polar surface area (TPSA) is 111 Å². The van der Waals surface area contributed by atoms with Crippen LogP contribution in [-0.4, -0.2) is 37.5 Å². The Labute approximate surface area is 184 Å². The van der Waals surface area contributed by atoms with Gasteiger partial charge in [-0.1, -0.05) is 36.4 Å². The van der Waals surface area contributed by atoms with Crippen molar-refractivity contribution >= 4 is 45.9 Å². The summed E-state index contributed by atoms with van der Waals surface area (Å²) in [4.78, 5) is 47.4. The monoisotopic (exact) mass is 434 g/mol. The number of nitrogens with one attached hydrogen (secondary N) is 2. The Morgan fingerprint density at radius 1 is 0.781 bits per heavy atom. The lowest BCUT2D eigenvalue weighted by Gasteiger charge is -2.09. The molecular formula is C24H22N2O6. The third-order valence-corrected chi connectivity index (χ3v) is 4.57. The molecule has 3 aromatic carbocycles. The van der Waals surface area contributed by atoms with Crippen molar-refractivity contribution in [2.75, 3.05) is 24.4 Å². The Balaban J connectivity index is 1.41. The fourth-order valence-electron chi connectivity index (χ4n) is 2.99. The lowest BCUT2D eigenvalue weighted by molar-refractivity contribution is -0.147. The Bertz CT molecular complexity index is 1140. The van der Waals surface area contributed by atoms with Gasteiger partial charge in [0.05, 0.1) is 19.1 Å². The van der Waals surface area contributed by atoms with Gasteiger partial charge in [0, 0.05) is 23.2 Å². The van der Waals surface area contributed by atoms with Gasteiger partial charge < -0.3 is 20.1 Å². The zero-order chi connectivity index (χ0) is 22.9. The summed E-state index contributed by atoms with van der Waals surface area (Å²) in [5.74, 6) is -2.00. The third-order valence-electron chi connectivity index (χ3n) is 4.57. The summed E-state index contributed by atoms with van der Waals surface area (Å²) in [6.07, 6.45) is -0.282.